The lowest BCUT2D eigenvalue weighted by atomic mass is 10.2. The van der Waals surface area contributed by atoms with Crippen LogP contribution in [0, 0.1) is 0 Å². The fourth-order valence-corrected chi connectivity index (χ4v) is 2.45. The molecule has 0 saturated carbocycles. The summed E-state index contributed by atoms with van der Waals surface area (Å²) in [5.74, 6) is -1.86. The summed E-state index contributed by atoms with van der Waals surface area (Å²) >= 11 is 0. The van der Waals surface area contributed by atoms with Crippen LogP contribution in [0.2, 0.25) is 0 Å². The molecule has 1 atom stereocenters. The van der Waals surface area contributed by atoms with E-state index in [2.05, 4.69) is 13.8 Å². The second-order valence-corrected chi connectivity index (χ2v) is 6.52. The van der Waals surface area contributed by atoms with Gasteiger partial charge < -0.3 is 14.2 Å². The molecular formula is C20H36O6. The Morgan fingerprint density at radius 3 is 1.73 bits per heavy atom. The minimum absolute atomic E-state index is 0.271. The van der Waals surface area contributed by atoms with Crippen molar-refractivity contribution in [3.05, 3.63) is 0 Å². The zero-order chi connectivity index (χ0) is 19.6. The van der Waals surface area contributed by atoms with Crippen LogP contribution in [-0.2, 0) is 28.6 Å². The average Bonchev–Trinajstić information content (AvgIpc) is 2.59. The van der Waals surface area contributed by atoms with Gasteiger partial charge in [-0.15, -0.1) is 0 Å². The molecule has 0 amide bonds. The largest absolute Gasteiger partial charge is 0.466 e. The van der Waals surface area contributed by atoms with Crippen molar-refractivity contribution < 1.29 is 28.6 Å². The summed E-state index contributed by atoms with van der Waals surface area (Å²) in [4.78, 5) is 35.1. The van der Waals surface area contributed by atoms with Crippen molar-refractivity contribution in [2.45, 2.75) is 97.5 Å². The molecule has 0 spiro atoms. The number of ether oxygens (including phenoxy) is 3. The van der Waals surface area contributed by atoms with Gasteiger partial charge in [-0.1, -0.05) is 65.2 Å². The highest BCUT2D eigenvalue weighted by molar-refractivity contribution is 5.84. The minimum Gasteiger partial charge on any atom is -0.466 e. The van der Waals surface area contributed by atoms with Crippen LogP contribution in [0.1, 0.15) is 91.4 Å². The van der Waals surface area contributed by atoms with Gasteiger partial charge in [-0.05, 0) is 12.8 Å². The quantitative estimate of drug-likeness (QED) is 0.228. The maximum Gasteiger partial charge on any atom is 0.348 e. The second-order valence-electron chi connectivity index (χ2n) is 6.52. The number of carbonyl (C=O) groups excluding carboxylic acids is 3. The Hall–Kier alpha value is -1.59. The van der Waals surface area contributed by atoms with E-state index in [1.54, 1.807) is 0 Å². The molecule has 0 N–H and O–H groups in total. The van der Waals surface area contributed by atoms with Crippen LogP contribution in [0.5, 0.6) is 0 Å². The zero-order valence-electron chi connectivity index (χ0n) is 16.7. The van der Waals surface area contributed by atoms with Crippen molar-refractivity contribution in [2.24, 2.45) is 0 Å². The average molecular weight is 373 g/mol. The lowest BCUT2D eigenvalue weighted by Crippen LogP contribution is -2.31. The van der Waals surface area contributed by atoms with E-state index in [1.807, 2.05) is 0 Å². The third-order valence-electron chi connectivity index (χ3n) is 3.93. The summed E-state index contributed by atoms with van der Waals surface area (Å²) in [5.41, 5.74) is 0. The molecule has 0 fully saturated rings. The monoisotopic (exact) mass is 372 g/mol. The standard InChI is InChI=1S/C20H36O6/c1-4-6-8-10-12-14-24-19(22)16-18(26-17(3)21)20(23)25-15-13-11-9-7-5-2/h18H,4-16H2,1-3H3/t18-/m1/s1. The van der Waals surface area contributed by atoms with E-state index < -0.39 is 24.0 Å². The number of hydrogen-bond acceptors (Lipinski definition) is 6. The molecule has 0 aliphatic rings. The first-order chi connectivity index (χ1) is 12.5. The van der Waals surface area contributed by atoms with Gasteiger partial charge in [-0.2, -0.15) is 0 Å². The minimum atomic E-state index is -1.23. The fourth-order valence-electron chi connectivity index (χ4n) is 2.45. The van der Waals surface area contributed by atoms with Crippen LogP contribution < -0.4 is 0 Å². The topological polar surface area (TPSA) is 78.9 Å². The van der Waals surface area contributed by atoms with Crippen LogP contribution in [-0.4, -0.2) is 37.2 Å². The summed E-state index contributed by atoms with van der Waals surface area (Å²) in [5, 5.41) is 0. The molecule has 0 bridgehead atoms. The molecule has 0 radical (unpaired) electrons. The second kappa shape index (κ2) is 16.9. The number of hydrogen-bond donors (Lipinski definition) is 0. The summed E-state index contributed by atoms with van der Waals surface area (Å²) in [6.45, 7) is 6.06. The van der Waals surface area contributed by atoms with E-state index in [-0.39, 0.29) is 13.0 Å². The summed E-state index contributed by atoms with van der Waals surface area (Å²) in [6.07, 6.45) is 8.89. The normalized spacial score (nSPS) is 11.7. The summed E-state index contributed by atoms with van der Waals surface area (Å²) in [7, 11) is 0. The third-order valence-corrected chi connectivity index (χ3v) is 3.93. The Kier molecular flexibility index (Phi) is 15.8. The Bertz CT molecular complexity index is 394. The van der Waals surface area contributed by atoms with Crippen molar-refractivity contribution in [1.82, 2.24) is 0 Å². The number of esters is 3. The Morgan fingerprint density at radius 1 is 0.731 bits per heavy atom. The maximum atomic E-state index is 12.0. The molecule has 0 aliphatic heterocycles. The molecule has 0 aliphatic carbocycles. The van der Waals surface area contributed by atoms with Gasteiger partial charge in [0.2, 0.25) is 6.10 Å². The van der Waals surface area contributed by atoms with Crippen LogP contribution in [0.15, 0.2) is 0 Å². The molecule has 6 heteroatoms. The third kappa shape index (κ3) is 14.7. The Morgan fingerprint density at radius 2 is 1.23 bits per heavy atom. The molecule has 6 nitrogen and oxygen atoms in total. The molecule has 0 aromatic carbocycles. The highest BCUT2D eigenvalue weighted by atomic mass is 16.6. The van der Waals surface area contributed by atoms with Crippen molar-refractivity contribution in [3.8, 4) is 0 Å². The highest BCUT2D eigenvalue weighted by Gasteiger charge is 2.27. The van der Waals surface area contributed by atoms with Crippen molar-refractivity contribution in [2.75, 3.05) is 13.2 Å². The molecule has 0 saturated heterocycles. The predicted octanol–water partition coefficient (Wildman–Crippen LogP) is 4.34. The van der Waals surface area contributed by atoms with E-state index in [9.17, 15) is 14.4 Å². The van der Waals surface area contributed by atoms with Crippen molar-refractivity contribution in [1.29, 1.82) is 0 Å². The maximum absolute atomic E-state index is 12.0. The van der Waals surface area contributed by atoms with Crippen molar-refractivity contribution >= 4 is 17.9 Å². The molecule has 0 unspecified atom stereocenters. The molecule has 0 rings (SSSR count). The van der Waals surface area contributed by atoms with Crippen LogP contribution >= 0.6 is 0 Å². The van der Waals surface area contributed by atoms with Gasteiger partial charge in [0.1, 0.15) is 0 Å². The van der Waals surface area contributed by atoms with Gasteiger partial charge in [0.15, 0.2) is 0 Å². The summed E-state index contributed by atoms with van der Waals surface area (Å²) in [6, 6.07) is 0. The number of carbonyl (C=O) groups is 3. The van der Waals surface area contributed by atoms with Gasteiger partial charge in [0, 0.05) is 6.92 Å². The van der Waals surface area contributed by atoms with Crippen molar-refractivity contribution in [3.63, 3.8) is 0 Å². The zero-order valence-corrected chi connectivity index (χ0v) is 16.7. The smallest absolute Gasteiger partial charge is 0.348 e. The number of unbranched alkanes of at least 4 members (excludes halogenated alkanes) is 8. The molecule has 152 valence electrons. The first-order valence-electron chi connectivity index (χ1n) is 10.0. The van der Waals surface area contributed by atoms with Gasteiger partial charge in [0.05, 0.1) is 19.6 Å². The number of rotatable bonds is 16. The van der Waals surface area contributed by atoms with Gasteiger partial charge in [-0.3, -0.25) is 9.59 Å². The molecule has 0 heterocycles. The van der Waals surface area contributed by atoms with E-state index in [0.717, 1.165) is 57.8 Å². The fraction of sp³-hybridized carbons (Fsp3) is 0.850. The molecule has 26 heavy (non-hydrogen) atoms. The van der Waals surface area contributed by atoms with Crippen LogP contribution in [0.4, 0.5) is 0 Å². The van der Waals surface area contributed by atoms with Gasteiger partial charge in [-0.25, -0.2) is 4.79 Å². The SMILES string of the molecule is CCCCCCCOC(=O)C[C@@H](OC(C)=O)C(=O)OCCCCCCC. The first kappa shape index (κ1) is 24.4. The Balaban J connectivity index is 4.10. The molecule has 0 aromatic heterocycles. The van der Waals surface area contributed by atoms with Crippen LogP contribution in [0.25, 0.3) is 0 Å². The molecular weight excluding hydrogens is 336 g/mol. The summed E-state index contributed by atoms with van der Waals surface area (Å²) < 4.78 is 15.2. The molecule has 0 aromatic rings. The predicted molar refractivity (Wildman–Crippen MR) is 99.6 cm³/mol. The Labute approximate surface area is 157 Å². The van der Waals surface area contributed by atoms with E-state index in [4.69, 9.17) is 14.2 Å². The van der Waals surface area contributed by atoms with E-state index in [0.29, 0.717) is 6.61 Å². The van der Waals surface area contributed by atoms with E-state index in [1.165, 1.54) is 13.3 Å². The van der Waals surface area contributed by atoms with Gasteiger partial charge in [0.25, 0.3) is 0 Å². The lowest BCUT2D eigenvalue weighted by Gasteiger charge is -2.15. The van der Waals surface area contributed by atoms with Gasteiger partial charge >= 0.3 is 17.9 Å². The van der Waals surface area contributed by atoms with E-state index >= 15 is 0 Å². The highest BCUT2D eigenvalue weighted by Crippen LogP contribution is 2.08. The lowest BCUT2D eigenvalue weighted by molar-refractivity contribution is -0.171. The first-order valence-corrected chi connectivity index (χ1v) is 10.0. The van der Waals surface area contributed by atoms with Crippen LogP contribution in [0.3, 0.4) is 0 Å².